The Balaban J connectivity index is 1.34. The molecule has 330 valence electrons. The molecule has 1 aliphatic heterocycles. The molecule has 59 heavy (non-hydrogen) atoms. The van der Waals surface area contributed by atoms with Crippen LogP contribution < -0.4 is 16.8 Å². The zero-order chi connectivity index (χ0) is 43.2. The van der Waals surface area contributed by atoms with E-state index in [9.17, 15) is 9.59 Å². The van der Waals surface area contributed by atoms with Crippen LogP contribution in [0.1, 0.15) is 57.9 Å². The summed E-state index contributed by atoms with van der Waals surface area (Å²) in [6.45, 7) is 21.7. The third-order valence-corrected chi connectivity index (χ3v) is 14.3. The Labute approximate surface area is 354 Å². The van der Waals surface area contributed by atoms with Crippen molar-refractivity contribution < 1.29 is 43.0 Å². The van der Waals surface area contributed by atoms with Crippen LogP contribution in [0.25, 0.3) is 21.5 Å². The maximum absolute atomic E-state index is 12.3. The molecule has 12 nitrogen and oxygen atoms in total. The Hall–Kier alpha value is -2.93. The van der Waals surface area contributed by atoms with E-state index in [-0.39, 0.29) is 19.1 Å². The predicted octanol–water partition coefficient (Wildman–Crippen LogP) is 8.53. The quantitative estimate of drug-likeness (QED) is 0.0245. The topological polar surface area (TPSA) is 163 Å². The molecule has 0 aromatic heterocycles. The van der Waals surface area contributed by atoms with Crippen LogP contribution in [0.5, 0.6) is 0 Å². The Bertz CT molecular complexity index is 1730. The summed E-state index contributed by atoms with van der Waals surface area (Å²) < 4.78 is 29.1. The summed E-state index contributed by atoms with van der Waals surface area (Å²) in [5.74, 6) is -0.821. The first-order valence-electron chi connectivity index (χ1n) is 21.5. The second kappa shape index (κ2) is 22.8. The van der Waals surface area contributed by atoms with Crippen molar-refractivity contribution in [2.24, 2.45) is 17.4 Å². The minimum absolute atomic E-state index is 0.0128. The van der Waals surface area contributed by atoms with E-state index < -0.39 is 58.3 Å². The van der Waals surface area contributed by atoms with Gasteiger partial charge in [0, 0.05) is 46.1 Å². The van der Waals surface area contributed by atoms with Gasteiger partial charge in [-0.05, 0) is 74.4 Å². The van der Waals surface area contributed by atoms with Crippen molar-refractivity contribution in [3.05, 3.63) is 54.1 Å². The van der Waals surface area contributed by atoms with Gasteiger partial charge in [0.15, 0.2) is 12.5 Å². The van der Waals surface area contributed by atoms with Crippen molar-refractivity contribution >= 4 is 55.3 Å². The summed E-state index contributed by atoms with van der Waals surface area (Å²) in [4.78, 5) is 37.0. The van der Waals surface area contributed by atoms with Crippen LogP contribution >= 0.6 is 0 Å². The fourth-order valence-electron chi connectivity index (χ4n) is 6.90. The van der Waals surface area contributed by atoms with Gasteiger partial charge in [-0.1, -0.05) is 101 Å². The lowest BCUT2D eigenvalue weighted by molar-refractivity contribution is -0.491. The number of benzene rings is 3. The molecular formula is C45H73N3O9Si2. The van der Waals surface area contributed by atoms with Gasteiger partial charge in [0.2, 0.25) is 0 Å². The van der Waals surface area contributed by atoms with E-state index in [1.807, 2.05) is 6.92 Å². The number of hydrogen-bond donors (Lipinski definition) is 3. The van der Waals surface area contributed by atoms with Crippen LogP contribution in [-0.2, 0) is 43.0 Å². The maximum atomic E-state index is 12.3. The summed E-state index contributed by atoms with van der Waals surface area (Å²) in [7, 11) is -2.60. The fraction of sp³-hybridized carbons (Fsp3) is 0.644. The average molecular weight is 856 g/mol. The monoisotopic (exact) mass is 855 g/mol. The molecule has 5 N–H and O–H groups in total. The molecule has 0 radical (unpaired) electrons. The number of ether oxygens (including phenoxy) is 5. The first-order valence-corrected chi connectivity index (χ1v) is 29.0. The van der Waals surface area contributed by atoms with Crippen molar-refractivity contribution in [3.8, 4) is 0 Å². The first-order chi connectivity index (χ1) is 27.9. The fourth-order valence-corrected chi connectivity index (χ4v) is 8.33. The molecule has 3 aromatic carbocycles. The van der Waals surface area contributed by atoms with E-state index in [1.165, 1.54) is 16.3 Å². The van der Waals surface area contributed by atoms with Gasteiger partial charge in [-0.25, -0.2) is 9.78 Å². The van der Waals surface area contributed by atoms with Gasteiger partial charge in [0.05, 0.1) is 32.1 Å². The molecule has 0 aliphatic carbocycles. The van der Waals surface area contributed by atoms with Gasteiger partial charge in [-0.2, -0.15) is 0 Å². The molecule has 1 aliphatic rings. The number of anilines is 1. The van der Waals surface area contributed by atoms with Crippen molar-refractivity contribution in [1.29, 1.82) is 0 Å². The van der Waals surface area contributed by atoms with E-state index >= 15 is 0 Å². The molecule has 0 bridgehead atoms. The van der Waals surface area contributed by atoms with Gasteiger partial charge in [-0.3, -0.25) is 9.59 Å². The third kappa shape index (κ3) is 15.5. The first kappa shape index (κ1) is 48.7. The summed E-state index contributed by atoms with van der Waals surface area (Å²) in [5, 5.41) is 8.36. The highest BCUT2D eigenvalue weighted by molar-refractivity contribution is 6.76. The number of hydrogen-bond acceptors (Lipinski definition) is 12. The second-order valence-corrected chi connectivity index (χ2v) is 30.1. The van der Waals surface area contributed by atoms with Crippen LogP contribution in [0.15, 0.2) is 48.5 Å². The van der Waals surface area contributed by atoms with Crippen LogP contribution in [0.4, 0.5) is 5.69 Å². The van der Waals surface area contributed by atoms with Crippen molar-refractivity contribution in [3.63, 3.8) is 0 Å². The summed E-state index contributed by atoms with van der Waals surface area (Å²) in [6.07, 6.45) is 3.41. The van der Waals surface area contributed by atoms with Crippen LogP contribution in [-0.4, -0.2) is 97.9 Å². The van der Waals surface area contributed by atoms with E-state index in [4.69, 9.17) is 44.9 Å². The van der Waals surface area contributed by atoms with Crippen molar-refractivity contribution in [2.45, 2.75) is 141 Å². The van der Waals surface area contributed by atoms with Gasteiger partial charge in [0.25, 0.3) is 0 Å². The molecular weight excluding hydrogens is 783 g/mol. The molecule has 1 fully saturated rings. The summed E-state index contributed by atoms with van der Waals surface area (Å²) >= 11 is 0. The number of nitrogens with two attached hydrogens (primary N) is 2. The molecule has 1 heterocycles. The number of nitrogens with one attached hydrogen (secondary N) is 1. The lowest BCUT2D eigenvalue weighted by atomic mass is 9.93. The van der Waals surface area contributed by atoms with Gasteiger partial charge < -0.3 is 40.5 Å². The lowest BCUT2D eigenvalue weighted by Crippen LogP contribution is -2.56. The minimum atomic E-state index is -1.31. The van der Waals surface area contributed by atoms with Gasteiger partial charge in [0.1, 0.15) is 17.7 Å². The Kier molecular flexibility index (Phi) is 18.8. The Morgan fingerprint density at radius 1 is 0.746 bits per heavy atom. The maximum Gasteiger partial charge on any atom is 0.325 e. The smallest absolute Gasteiger partial charge is 0.325 e. The summed E-state index contributed by atoms with van der Waals surface area (Å²) in [5.41, 5.74) is 13.4. The summed E-state index contributed by atoms with van der Waals surface area (Å²) in [6, 6.07) is 17.1. The normalized spacial score (nSPS) is 20.3. The highest BCUT2D eigenvalue weighted by atomic mass is 28.3. The number of esters is 2. The van der Waals surface area contributed by atoms with E-state index in [0.717, 1.165) is 60.7 Å². The van der Waals surface area contributed by atoms with E-state index in [1.54, 1.807) is 0 Å². The minimum Gasteiger partial charge on any atom is -0.465 e. The third-order valence-electron chi connectivity index (χ3n) is 10.9. The molecule has 0 spiro atoms. The Morgan fingerprint density at radius 2 is 1.22 bits per heavy atom. The number of rotatable bonds is 25. The number of carbonyl (C=O) groups excluding carboxylic acids is 2. The molecule has 0 amide bonds. The van der Waals surface area contributed by atoms with E-state index in [0.29, 0.717) is 32.8 Å². The standard InChI is InChI=1S/C45H73N3O9Si2/c1-32(18-14-16-24-51-30-38(46)41(49)53-26-28-58(4,5)6)43-55-44(48-40-36-21-12-10-19-34(36)33(2)35-20-11-13-22-37(35)40)45(3,57-56-43)23-15-17-25-52-31-39(47)42(50)54-27-29-59(7,8)9/h10-13,19-22,32,38-39,43-44,48H,14-18,23-31,46-47H2,1-9H3. The zero-order valence-electron chi connectivity index (χ0n) is 37.2. The molecule has 6 atom stereocenters. The molecule has 1 saturated heterocycles. The highest BCUT2D eigenvalue weighted by Crippen LogP contribution is 2.40. The second-order valence-electron chi connectivity index (χ2n) is 18.9. The Morgan fingerprint density at radius 3 is 1.71 bits per heavy atom. The molecule has 0 saturated carbocycles. The highest BCUT2D eigenvalue weighted by Gasteiger charge is 2.45. The van der Waals surface area contributed by atoms with Crippen molar-refractivity contribution in [2.75, 3.05) is 45.0 Å². The predicted molar refractivity (Wildman–Crippen MR) is 242 cm³/mol. The average Bonchev–Trinajstić information content (AvgIpc) is 3.18. The van der Waals surface area contributed by atoms with Crippen LogP contribution in [0.2, 0.25) is 51.4 Å². The van der Waals surface area contributed by atoms with Crippen LogP contribution in [0, 0.1) is 12.8 Å². The molecule has 14 heteroatoms. The SMILES string of the molecule is Cc1c2ccccc2c(NC2OC(C(C)CCCCOCC(N)C(=O)OCC[Si](C)(C)C)OOC2(C)CCCCOCC(N)C(=O)OCC[Si](C)(C)C)c2ccccc12. The van der Waals surface area contributed by atoms with Gasteiger partial charge >= 0.3 is 11.9 Å². The molecule has 3 aromatic rings. The molecule has 6 unspecified atom stereocenters. The zero-order valence-corrected chi connectivity index (χ0v) is 39.2. The molecule has 4 rings (SSSR count). The van der Waals surface area contributed by atoms with Crippen LogP contribution in [0.3, 0.4) is 0 Å². The lowest BCUT2D eigenvalue weighted by Gasteiger charge is -2.45. The number of fused-ring (bicyclic) bond motifs is 2. The van der Waals surface area contributed by atoms with E-state index in [2.05, 4.69) is 107 Å². The number of carbonyl (C=O) groups is 2. The largest absolute Gasteiger partial charge is 0.465 e. The number of unbranched alkanes of at least 4 members (excludes halogenated alkanes) is 2. The number of aryl methyl sites for hydroxylation is 1. The van der Waals surface area contributed by atoms with Crippen molar-refractivity contribution in [1.82, 2.24) is 0 Å². The van der Waals surface area contributed by atoms with Gasteiger partial charge in [-0.15, -0.1) is 0 Å².